The van der Waals surface area contributed by atoms with Crippen LogP contribution < -0.4 is 4.74 Å². The molecule has 0 saturated heterocycles. The summed E-state index contributed by atoms with van der Waals surface area (Å²) in [6, 6.07) is 21.4. The van der Waals surface area contributed by atoms with Gasteiger partial charge in [-0.15, -0.1) is 0 Å². The Kier molecular flexibility index (Phi) is 5.62. The molecule has 3 heteroatoms. The third kappa shape index (κ3) is 3.84. The summed E-state index contributed by atoms with van der Waals surface area (Å²) >= 11 is 0. The Morgan fingerprint density at radius 2 is 1.57 bits per heavy atom. The summed E-state index contributed by atoms with van der Waals surface area (Å²) in [6.45, 7) is 6.10. The van der Waals surface area contributed by atoms with E-state index in [2.05, 4.69) is 13.5 Å². The normalized spacial score (nSPS) is 10.9. The molecule has 0 N–H and O–H groups in total. The van der Waals surface area contributed by atoms with E-state index in [1.165, 1.54) is 6.07 Å². The molecule has 4 aromatic carbocycles. The van der Waals surface area contributed by atoms with Crippen LogP contribution in [-0.4, -0.2) is 6.61 Å². The number of aryl methyl sites for hydroxylation is 1. The minimum atomic E-state index is -0.395. The third-order valence-electron chi connectivity index (χ3n) is 5.24. The van der Waals surface area contributed by atoms with E-state index in [9.17, 15) is 4.39 Å². The highest BCUT2D eigenvalue weighted by Crippen LogP contribution is 2.33. The third-order valence-corrected chi connectivity index (χ3v) is 5.24. The molecular formula is C27H22F2O. The van der Waals surface area contributed by atoms with Crippen molar-refractivity contribution < 1.29 is 13.5 Å². The van der Waals surface area contributed by atoms with E-state index < -0.39 is 5.82 Å². The second-order valence-electron chi connectivity index (χ2n) is 7.15. The fourth-order valence-corrected chi connectivity index (χ4v) is 3.59. The summed E-state index contributed by atoms with van der Waals surface area (Å²) in [6.07, 6.45) is 2.56. The van der Waals surface area contributed by atoms with Gasteiger partial charge in [0.2, 0.25) is 0 Å². The van der Waals surface area contributed by atoms with Crippen molar-refractivity contribution in [1.82, 2.24) is 0 Å². The van der Waals surface area contributed by atoms with E-state index in [1.54, 1.807) is 54.6 Å². The monoisotopic (exact) mass is 400 g/mol. The fraction of sp³-hybridized carbons (Fsp3) is 0.111. The van der Waals surface area contributed by atoms with Gasteiger partial charge in [0, 0.05) is 16.5 Å². The molecular weight excluding hydrogens is 378 g/mol. The molecule has 0 amide bonds. The molecule has 0 aliphatic rings. The van der Waals surface area contributed by atoms with Gasteiger partial charge in [-0.05, 0) is 46.7 Å². The van der Waals surface area contributed by atoms with Crippen LogP contribution in [0, 0.1) is 11.6 Å². The molecule has 0 spiro atoms. The van der Waals surface area contributed by atoms with E-state index in [4.69, 9.17) is 4.74 Å². The van der Waals surface area contributed by atoms with Gasteiger partial charge in [-0.1, -0.05) is 74.2 Å². The summed E-state index contributed by atoms with van der Waals surface area (Å²) in [5.41, 5.74) is 3.26. The Balaban J connectivity index is 1.68. The number of ether oxygens (including phenoxy) is 1. The summed E-state index contributed by atoms with van der Waals surface area (Å²) in [4.78, 5) is 0. The van der Waals surface area contributed by atoms with Crippen molar-refractivity contribution in [1.29, 1.82) is 0 Å². The summed E-state index contributed by atoms with van der Waals surface area (Å²) in [5.74, 6) is -0.0285. The standard InChI is InChI=1S/C27H22F2O/c1-3-15-30-22-10-6-19(7-11-22)23-13-8-21(17-26(23)28)25-14-9-20-16-18(4-2)5-12-24(20)27(25)29/h3,5-14,16-17H,1,4,15H2,2H3. The van der Waals surface area contributed by atoms with Crippen LogP contribution in [0.15, 0.2) is 85.5 Å². The second-order valence-corrected chi connectivity index (χ2v) is 7.15. The highest BCUT2D eigenvalue weighted by atomic mass is 19.1. The maximum absolute atomic E-state index is 15.1. The second kappa shape index (κ2) is 8.50. The Labute approximate surface area is 175 Å². The Hall–Kier alpha value is -3.46. The molecule has 0 heterocycles. The molecule has 0 aliphatic carbocycles. The van der Waals surface area contributed by atoms with Crippen molar-refractivity contribution in [2.24, 2.45) is 0 Å². The Morgan fingerprint density at radius 3 is 2.27 bits per heavy atom. The first-order valence-electron chi connectivity index (χ1n) is 9.96. The lowest BCUT2D eigenvalue weighted by molar-refractivity contribution is 0.363. The van der Waals surface area contributed by atoms with Gasteiger partial charge in [0.1, 0.15) is 24.0 Å². The maximum Gasteiger partial charge on any atom is 0.138 e. The van der Waals surface area contributed by atoms with Gasteiger partial charge in [-0.3, -0.25) is 0 Å². The smallest absolute Gasteiger partial charge is 0.138 e. The zero-order chi connectivity index (χ0) is 21.1. The van der Waals surface area contributed by atoms with Crippen molar-refractivity contribution in [3.63, 3.8) is 0 Å². The lowest BCUT2D eigenvalue weighted by atomic mass is 9.96. The summed E-state index contributed by atoms with van der Waals surface area (Å²) in [7, 11) is 0. The number of hydrogen-bond acceptors (Lipinski definition) is 1. The maximum atomic E-state index is 15.1. The number of benzene rings is 4. The van der Waals surface area contributed by atoms with Gasteiger partial charge in [-0.2, -0.15) is 0 Å². The molecule has 0 radical (unpaired) electrons. The van der Waals surface area contributed by atoms with E-state index in [-0.39, 0.29) is 5.82 Å². The molecule has 0 unspecified atom stereocenters. The average molecular weight is 400 g/mol. The zero-order valence-electron chi connectivity index (χ0n) is 16.8. The van der Waals surface area contributed by atoms with E-state index in [0.717, 1.165) is 22.9 Å². The number of halogens is 2. The molecule has 30 heavy (non-hydrogen) atoms. The first-order chi connectivity index (χ1) is 14.6. The van der Waals surface area contributed by atoms with Crippen LogP contribution in [0.2, 0.25) is 0 Å². The minimum Gasteiger partial charge on any atom is -0.490 e. The lowest BCUT2D eigenvalue weighted by Gasteiger charge is -2.11. The van der Waals surface area contributed by atoms with Crippen LogP contribution >= 0.6 is 0 Å². The SMILES string of the molecule is C=CCOc1ccc(-c2ccc(-c3ccc4cc(CC)ccc4c3F)cc2F)cc1. The molecule has 0 fully saturated rings. The van der Waals surface area contributed by atoms with Crippen molar-refractivity contribution >= 4 is 10.8 Å². The van der Waals surface area contributed by atoms with Crippen molar-refractivity contribution in [3.8, 4) is 28.0 Å². The van der Waals surface area contributed by atoms with Crippen molar-refractivity contribution in [2.45, 2.75) is 13.3 Å². The quantitative estimate of drug-likeness (QED) is 0.303. The van der Waals surface area contributed by atoms with Gasteiger partial charge in [0.15, 0.2) is 0 Å². The predicted octanol–water partition coefficient (Wildman–Crippen LogP) is 7.58. The van der Waals surface area contributed by atoms with Crippen LogP contribution in [0.1, 0.15) is 12.5 Å². The number of fused-ring (bicyclic) bond motifs is 1. The molecule has 150 valence electrons. The van der Waals surface area contributed by atoms with Crippen LogP contribution in [-0.2, 0) is 6.42 Å². The molecule has 0 aromatic heterocycles. The summed E-state index contributed by atoms with van der Waals surface area (Å²) < 4.78 is 35.5. The molecule has 4 rings (SSSR count). The average Bonchev–Trinajstić information content (AvgIpc) is 2.78. The molecule has 0 saturated carbocycles. The van der Waals surface area contributed by atoms with Gasteiger partial charge < -0.3 is 4.74 Å². The van der Waals surface area contributed by atoms with E-state index in [1.807, 2.05) is 18.2 Å². The minimum absolute atomic E-state index is 0.328. The van der Waals surface area contributed by atoms with Crippen LogP contribution in [0.5, 0.6) is 5.75 Å². The highest BCUT2D eigenvalue weighted by Gasteiger charge is 2.13. The van der Waals surface area contributed by atoms with Crippen LogP contribution in [0.3, 0.4) is 0 Å². The fourth-order valence-electron chi connectivity index (χ4n) is 3.59. The topological polar surface area (TPSA) is 9.23 Å². The van der Waals surface area contributed by atoms with E-state index in [0.29, 0.717) is 34.4 Å². The Morgan fingerprint density at radius 1 is 0.833 bits per heavy atom. The van der Waals surface area contributed by atoms with E-state index >= 15 is 4.39 Å². The molecule has 1 nitrogen and oxygen atoms in total. The largest absolute Gasteiger partial charge is 0.490 e. The molecule has 4 aromatic rings. The zero-order valence-corrected chi connectivity index (χ0v) is 16.8. The van der Waals surface area contributed by atoms with Gasteiger partial charge >= 0.3 is 0 Å². The van der Waals surface area contributed by atoms with Crippen LogP contribution in [0.4, 0.5) is 8.78 Å². The molecule has 0 bridgehead atoms. The highest BCUT2D eigenvalue weighted by molar-refractivity contribution is 5.89. The molecule has 0 atom stereocenters. The predicted molar refractivity (Wildman–Crippen MR) is 120 cm³/mol. The first kappa shape index (κ1) is 19.8. The van der Waals surface area contributed by atoms with Crippen molar-refractivity contribution in [3.05, 3.63) is 103 Å². The van der Waals surface area contributed by atoms with Crippen molar-refractivity contribution in [2.75, 3.05) is 6.61 Å². The molecule has 0 aliphatic heterocycles. The van der Waals surface area contributed by atoms with Crippen LogP contribution in [0.25, 0.3) is 33.0 Å². The number of hydrogen-bond donors (Lipinski definition) is 0. The first-order valence-corrected chi connectivity index (χ1v) is 9.96. The van der Waals surface area contributed by atoms with Gasteiger partial charge in [-0.25, -0.2) is 8.78 Å². The number of rotatable bonds is 6. The Bertz CT molecular complexity index is 1210. The summed E-state index contributed by atoms with van der Waals surface area (Å²) in [5, 5.41) is 1.40. The van der Waals surface area contributed by atoms with Gasteiger partial charge in [0.05, 0.1) is 0 Å². The van der Waals surface area contributed by atoms with Gasteiger partial charge in [0.25, 0.3) is 0 Å². The lowest BCUT2D eigenvalue weighted by Crippen LogP contribution is -1.93.